The van der Waals surface area contributed by atoms with E-state index in [0.717, 1.165) is 38.1 Å². The first kappa shape index (κ1) is 16.5. The molecule has 0 amide bonds. The molecule has 118 valence electrons. The summed E-state index contributed by atoms with van der Waals surface area (Å²) < 4.78 is 29.2. The van der Waals surface area contributed by atoms with E-state index < -0.39 is 10.2 Å². The Morgan fingerprint density at radius 1 is 1.30 bits per heavy atom. The van der Waals surface area contributed by atoms with Gasteiger partial charge in [-0.3, -0.25) is 0 Å². The number of thioether (sulfide) groups is 1. The molecule has 0 aromatic rings. The highest BCUT2D eigenvalue weighted by atomic mass is 32.2. The molecule has 2 fully saturated rings. The summed E-state index contributed by atoms with van der Waals surface area (Å²) in [5.41, 5.74) is 0. The van der Waals surface area contributed by atoms with Crippen molar-refractivity contribution in [2.45, 2.75) is 44.4 Å². The van der Waals surface area contributed by atoms with E-state index in [-0.39, 0.29) is 6.04 Å². The smallest absolute Gasteiger partial charge is 0.282 e. The van der Waals surface area contributed by atoms with Crippen molar-refractivity contribution < 1.29 is 8.42 Å². The topological polar surface area (TPSA) is 52.7 Å². The lowest BCUT2D eigenvalue weighted by Gasteiger charge is -2.40. The minimum atomic E-state index is -3.28. The molecule has 7 heteroatoms. The van der Waals surface area contributed by atoms with Gasteiger partial charge in [0.25, 0.3) is 10.2 Å². The van der Waals surface area contributed by atoms with Crippen molar-refractivity contribution in [2.75, 3.05) is 38.5 Å². The molecule has 2 heterocycles. The van der Waals surface area contributed by atoms with E-state index in [1.165, 1.54) is 0 Å². The Bertz CT molecular complexity index is 402. The minimum Gasteiger partial charge on any atom is -0.315 e. The standard InChI is InChI=1S/C13H27N3O2S2/c1-3-14-10-13-6-4-5-7-16(13)20(17,18)15-8-9-19-12(2)11-15/h12-14H,3-11H2,1-2H3. The van der Waals surface area contributed by atoms with Crippen LogP contribution in [0, 0.1) is 0 Å². The van der Waals surface area contributed by atoms with Crippen LogP contribution in [0.2, 0.25) is 0 Å². The first-order valence-corrected chi connectivity index (χ1v) is 10.1. The van der Waals surface area contributed by atoms with E-state index in [0.29, 0.717) is 24.9 Å². The van der Waals surface area contributed by atoms with Crippen LogP contribution in [0.4, 0.5) is 0 Å². The number of hydrogen-bond acceptors (Lipinski definition) is 4. The molecule has 2 unspecified atom stereocenters. The van der Waals surface area contributed by atoms with E-state index >= 15 is 0 Å². The third-order valence-electron chi connectivity index (χ3n) is 4.03. The number of hydrogen-bond donors (Lipinski definition) is 1. The van der Waals surface area contributed by atoms with Crippen molar-refractivity contribution in [3.05, 3.63) is 0 Å². The Kier molecular flexibility index (Phi) is 6.16. The van der Waals surface area contributed by atoms with Crippen LogP contribution in [0.25, 0.3) is 0 Å². The van der Waals surface area contributed by atoms with E-state index in [1.807, 2.05) is 11.8 Å². The Balaban J connectivity index is 2.08. The van der Waals surface area contributed by atoms with Crippen molar-refractivity contribution in [1.29, 1.82) is 0 Å². The fourth-order valence-corrected chi connectivity index (χ4v) is 6.11. The van der Waals surface area contributed by atoms with E-state index in [2.05, 4.69) is 19.2 Å². The fraction of sp³-hybridized carbons (Fsp3) is 1.00. The highest BCUT2D eigenvalue weighted by Crippen LogP contribution is 2.26. The lowest BCUT2D eigenvalue weighted by Crippen LogP contribution is -2.55. The normalized spacial score (nSPS) is 30.5. The van der Waals surface area contributed by atoms with Gasteiger partial charge in [0, 0.05) is 43.2 Å². The van der Waals surface area contributed by atoms with Gasteiger partial charge in [-0.05, 0) is 19.4 Å². The second-order valence-corrected chi connectivity index (χ2v) is 9.04. The van der Waals surface area contributed by atoms with Crippen LogP contribution in [0.3, 0.4) is 0 Å². The molecule has 0 bridgehead atoms. The van der Waals surface area contributed by atoms with Crippen LogP contribution in [-0.4, -0.2) is 66.8 Å². The van der Waals surface area contributed by atoms with Crippen LogP contribution in [0.15, 0.2) is 0 Å². The van der Waals surface area contributed by atoms with Gasteiger partial charge in [-0.25, -0.2) is 0 Å². The van der Waals surface area contributed by atoms with Gasteiger partial charge in [0.2, 0.25) is 0 Å². The number of likely N-dealkylation sites (N-methyl/N-ethyl adjacent to an activating group) is 1. The van der Waals surface area contributed by atoms with Crippen molar-refractivity contribution in [1.82, 2.24) is 13.9 Å². The van der Waals surface area contributed by atoms with Crippen molar-refractivity contribution in [3.63, 3.8) is 0 Å². The lowest BCUT2D eigenvalue weighted by atomic mass is 10.1. The van der Waals surface area contributed by atoms with E-state index in [4.69, 9.17) is 0 Å². The van der Waals surface area contributed by atoms with Gasteiger partial charge < -0.3 is 5.32 Å². The SMILES string of the molecule is CCNCC1CCCCN1S(=O)(=O)N1CCSC(C)C1. The second kappa shape index (κ2) is 7.45. The highest BCUT2D eigenvalue weighted by molar-refractivity contribution is 8.00. The lowest BCUT2D eigenvalue weighted by molar-refractivity contribution is 0.227. The highest BCUT2D eigenvalue weighted by Gasteiger charge is 2.37. The van der Waals surface area contributed by atoms with E-state index in [1.54, 1.807) is 8.61 Å². The Hall–Kier alpha value is 0.180. The summed E-state index contributed by atoms with van der Waals surface area (Å²) in [5.74, 6) is 0.909. The third kappa shape index (κ3) is 3.88. The van der Waals surface area contributed by atoms with Gasteiger partial charge in [0.05, 0.1) is 0 Å². The molecule has 0 saturated carbocycles. The summed E-state index contributed by atoms with van der Waals surface area (Å²) in [6.45, 7) is 7.81. The van der Waals surface area contributed by atoms with Crippen molar-refractivity contribution in [2.24, 2.45) is 0 Å². The average Bonchev–Trinajstić information content (AvgIpc) is 2.45. The van der Waals surface area contributed by atoms with Crippen LogP contribution in [-0.2, 0) is 10.2 Å². The maximum Gasteiger partial charge on any atom is 0.282 e. The van der Waals surface area contributed by atoms with Gasteiger partial charge >= 0.3 is 0 Å². The summed E-state index contributed by atoms with van der Waals surface area (Å²) in [4.78, 5) is 0. The molecule has 2 saturated heterocycles. The predicted molar refractivity (Wildman–Crippen MR) is 85.3 cm³/mol. The van der Waals surface area contributed by atoms with Crippen LogP contribution >= 0.6 is 11.8 Å². The second-order valence-electron chi connectivity index (χ2n) is 5.62. The first-order chi connectivity index (χ1) is 9.55. The minimum absolute atomic E-state index is 0.124. The molecule has 2 rings (SSSR count). The van der Waals surface area contributed by atoms with Gasteiger partial charge in [-0.15, -0.1) is 0 Å². The molecular weight excluding hydrogens is 294 g/mol. The Labute approximate surface area is 127 Å². The number of nitrogens with one attached hydrogen (secondary N) is 1. The summed E-state index contributed by atoms with van der Waals surface area (Å²) >= 11 is 1.86. The predicted octanol–water partition coefficient (Wildman–Crippen LogP) is 1.13. The molecule has 2 atom stereocenters. The molecule has 0 spiro atoms. The zero-order valence-corrected chi connectivity index (χ0v) is 14.2. The molecule has 5 nitrogen and oxygen atoms in total. The molecule has 2 aliphatic heterocycles. The van der Waals surface area contributed by atoms with Crippen LogP contribution in [0.5, 0.6) is 0 Å². The monoisotopic (exact) mass is 321 g/mol. The summed E-state index contributed by atoms with van der Waals surface area (Å²) in [5, 5.41) is 3.70. The molecule has 0 aromatic heterocycles. The summed E-state index contributed by atoms with van der Waals surface area (Å²) in [6.07, 6.45) is 3.10. The van der Waals surface area contributed by atoms with Crippen LogP contribution < -0.4 is 5.32 Å². The number of rotatable bonds is 5. The summed E-state index contributed by atoms with van der Waals surface area (Å²) in [7, 11) is -3.28. The van der Waals surface area contributed by atoms with Gasteiger partial charge in [0.15, 0.2) is 0 Å². The maximum atomic E-state index is 12.9. The zero-order chi connectivity index (χ0) is 14.6. The average molecular weight is 322 g/mol. The number of piperidine rings is 1. The molecular formula is C13H27N3O2S2. The fourth-order valence-electron chi connectivity index (χ4n) is 2.94. The molecule has 0 aromatic carbocycles. The molecule has 2 aliphatic rings. The van der Waals surface area contributed by atoms with Crippen molar-refractivity contribution >= 4 is 22.0 Å². The number of nitrogens with zero attached hydrogens (tertiary/aromatic N) is 2. The van der Waals surface area contributed by atoms with Crippen molar-refractivity contribution in [3.8, 4) is 0 Å². The van der Waals surface area contributed by atoms with Gasteiger partial charge in [-0.1, -0.05) is 20.3 Å². The largest absolute Gasteiger partial charge is 0.315 e. The van der Waals surface area contributed by atoms with Crippen LogP contribution in [0.1, 0.15) is 33.1 Å². The maximum absolute atomic E-state index is 12.9. The van der Waals surface area contributed by atoms with E-state index in [9.17, 15) is 8.42 Å². The first-order valence-electron chi connectivity index (χ1n) is 7.65. The third-order valence-corrected chi connectivity index (χ3v) is 7.22. The molecule has 20 heavy (non-hydrogen) atoms. The van der Waals surface area contributed by atoms with Gasteiger partial charge in [-0.2, -0.15) is 28.8 Å². The van der Waals surface area contributed by atoms with Gasteiger partial charge in [0.1, 0.15) is 0 Å². The summed E-state index contributed by atoms with van der Waals surface area (Å²) in [6, 6.07) is 0.124. The quantitative estimate of drug-likeness (QED) is 0.825. The molecule has 0 radical (unpaired) electrons. The Morgan fingerprint density at radius 3 is 2.80 bits per heavy atom. The molecule has 1 N–H and O–H groups in total. The Morgan fingerprint density at radius 2 is 2.10 bits per heavy atom. The zero-order valence-electron chi connectivity index (χ0n) is 12.5. The molecule has 0 aliphatic carbocycles.